The summed E-state index contributed by atoms with van der Waals surface area (Å²) in [6.45, 7) is 2.61. The highest BCUT2D eigenvalue weighted by atomic mass is 16.5. The summed E-state index contributed by atoms with van der Waals surface area (Å²) in [5.74, 6) is 1.23. The van der Waals surface area contributed by atoms with Gasteiger partial charge in [0.1, 0.15) is 5.82 Å². The molecule has 34 heavy (non-hydrogen) atoms. The molecule has 10 nitrogen and oxygen atoms in total. The molecule has 0 fully saturated rings. The summed E-state index contributed by atoms with van der Waals surface area (Å²) in [5.41, 5.74) is 1.73. The number of carbonyl (C=O) groups excluding carboxylic acids is 1. The van der Waals surface area contributed by atoms with Crippen molar-refractivity contribution in [1.29, 1.82) is 0 Å². The number of carbonyl (C=O) groups is 1. The van der Waals surface area contributed by atoms with Crippen molar-refractivity contribution < 1.29 is 14.1 Å². The Morgan fingerprint density at radius 3 is 2.76 bits per heavy atom. The molecule has 0 aliphatic rings. The fourth-order valence-electron chi connectivity index (χ4n) is 4.04. The quantitative estimate of drug-likeness (QED) is 0.386. The van der Waals surface area contributed by atoms with Gasteiger partial charge in [0.2, 0.25) is 11.7 Å². The minimum Gasteiger partial charge on any atom is -0.465 e. The lowest BCUT2D eigenvalue weighted by Gasteiger charge is -2.11. The lowest BCUT2D eigenvalue weighted by atomic mass is 10.1. The SMILES string of the molecule is COC(=O)c1ccc2c(c1)c(=O)n(CCNc1nccc3ccc(-c4noc(C)n4)cc13)n2C. The van der Waals surface area contributed by atoms with E-state index >= 15 is 0 Å². The minimum atomic E-state index is -0.476. The van der Waals surface area contributed by atoms with Crippen LogP contribution in [0.4, 0.5) is 5.82 Å². The molecule has 0 radical (unpaired) electrons. The number of ether oxygens (including phenoxy) is 1. The van der Waals surface area contributed by atoms with E-state index in [1.807, 2.05) is 31.3 Å². The average Bonchev–Trinajstić information content (AvgIpc) is 3.40. The molecule has 0 aliphatic heterocycles. The zero-order valence-electron chi connectivity index (χ0n) is 18.9. The summed E-state index contributed by atoms with van der Waals surface area (Å²) >= 11 is 0. The summed E-state index contributed by atoms with van der Waals surface area (Å²) in [6, 6.07) is 12.8. The largest absolute Gasteiger partial charge is 0.465 e. The molecule has 172 valence electrons. The van der Waals surface area contributed by atoms with Crippen LogP contribution in [0.2, 0.25) is 0 Å². The number of nitrogens with one attached hydrogen (secondary N) is 1. The molecule has 2 aromatic carbocycles. The van der Waals surface area contributed by atoms with Crippen molar-refractivity contribution in [3.63, 3.8) is 0 Å². The Kier molecular flexibility index (Phi) is 5.33. The molecule has 0 amide bonds. The normalized spacial score (nSPS) is 11.3. The van der Waals surface area contributed by atoms with E-state index < -0.39 is 5.97 Å². The summed E-state index contributed by atoms with van der Waals surface area (Å²) < 4.78 is 13.3. The summed E-state index contributed by atoms with van der Waals surface area (Å²) in [4.78, 5) is 33.6. The number of hydrogen-bond acceptors (Lipinski definition) is 8. The first-order chi connectivity index (χ1) is 16.5. The maximum absolute atomic E-state index is 13.0. The van der Waals surface area contributed by atoms with Gasteiger partial charge in [-0.05, 0) is 35.7 Å². The van der Waals surface area contributed by atoms with Gasteiger partial charge in [-0.1, -0.05) is 17.3 Å². The maximum Gasteiger partial charge on any atom is 0.337 e. The van der Waals surface area contributed by atoms with Crippen molar-refractivity contribution in [3.8, 4) is 11.4 Å². The highest BCUT2D eigenvalue weighted by molar-refractivity contribution is 5.95. The Balaban J connectivity index is 1.41. The van der Waals surface area contributed by atoms with Crippen LogP contribution in [0, 0.1) is 6.92 Å². The third kappa shape index (κ3) is 3.68. The molecule has 0 unspecified atom stereocenters. The van der Waals surface area contributed by atoms with E-state index in [1.165, 1.54) is 7.11 Å². The second-order valence-corrected chi connectivity index (χ2v) is 7.83. The first kappa shape index (κ1) is 21.4. The molecule has 3 aromatic heterocycles. The van der Waals surface area contributed by atoms with Crippen LogP contribution in [0.1, 0.15) is 16.2 Å². The zero-order chi connectivity index (χ0) is 23.8. The van der Waals surface area contributed by atoms with Crippen LogP contribution in [-0.4, -0.2) is 44.1 Å². The fraction of sp³-hybridized carbons (Fsp3) is 0.208. The van der Waals surface area contributed by atoms with Crippen molar-refractivity contribution in [2.75, 3.05) is 19.0 Å². The molecule has 0 saturated carbocycles. The van der Waals surface area contributed by atoms with Gasteiger partial charge in [0.15, 0.2) is 0 Å². The predicted molar refractivity (Wildman–Crippen MR) is 127 cm³/mol. The van der Waals surface area contributed by atoms with Gasteiger partial charge < -0.3 is 14.6 Å². The lowest BCUT2D eigenvalue weighted by Crippen LogP contribution is -2.25. The Hall–Kier alpha value is -4.47. The van der Waals surface area contributed by atoms with Crippen LogP contribution < -0.4 is 10.9 Å². The highest BCUT2D eigenvalue weighted by Gasteiger charge is 2.14. The standard InChI is InChI=1S/C24H22N6O4/c1-14-27-21(28-34-14)16-5-4-15-8-9-25-22(18(15)12-16)26-10-11-30-23(31)19-13-17(24(32)33-3)6-7-20(19)29(30)2/h4-9,12-13H,10-11H2,1-3H3,(H,25,26). The van der Waals surface area contributed by atoms with Gasteiger partial charge in [-0.25, -0.2) is 14.5 Å². The van der Waals surface area contributed by atoms with Crippen molar-refractivity contribution in [2.24, 2.45) is 7.05 Å². The van der Waals surface area contributed by atoms with Gasteiger partial charge in [0.25, 0.3) is 5.56 Å². The van der Waals surface area contributed by atoms with Gasteiger partial charge in [-0.3, -0.25) is 9.48 Å². The third-order valence-corrected chi connectivity index (χ3v) is 5.76. The van der Waals surface area contributed by atoms with Crippen LogP contribution in [0.5, 0.6) is 0 Å². The Morgan fingerprint density at radius 1 is 1.15 bits per heavy atom. The molecular formula is C24H22N6O4. The van der Waals surface area contributed by atoms with Crippen molar-refractivity contribution in [2.45, 2.75) is 13.5 Å². The van der Waals surface area contributed by atoms with Crippen LogP contribution in [0.25, 0.3) is 33.1 Å². The third-order valence-electron chi connectivity index (χ3n) is 5.76. The number of anilines is 1. The van der Waals surface area contributed by atoms with E-state index in [4.69, 9.17) is 9.26 Å². The van der Waals surface area contributed by atoms with Crippen LogP contribution in [-0.2, 0) is 18.3 Å². The predicted octanol–water partition coefficient (Wildman–Crippen LogP) is 3.15. The molecule has 0 spiro atoms. The maximum atomic E-state index is 13.0. The molecule has 3 heterocycles. The van der Waals surface area contributed by atoms with Crippen LogP contribution >= 0.6 is 0 Å². The second kappa shape index (κ2) is 8.47. The highest BCUT2D eigenvalue weighted by Crippen LogP contribution is 2.26. The van der Waals surface area contributed by atoms with E-state index in [1.54, 1.807) is 40.7 Å². The molecule has 1 N–H and O–H groups in total. The topological polar surface area (TPSA) is 117 Å². The first-order valence-electron chi connectivity index (χ1n) is 10.7. The number of hydrogen-bond donors (Lipinski definition) is 1. The number of esters is 1. The molecule has 5 aromatic rings. The number of nitrogens with zero attached hydrogens (tertiary/aromatic N) is 5. The summed E-state index contributed by atoms with van der Waals surface area (Å²) in [6.07, 6.45) is 1.74. The number of benzene rings is 2. The number of fused-ring (bicyclic) bond motifs is 2. The molecule has 0 aliphatic carbocycles. The zero-order valence-corrected chi connectivity index (χ0v) is 18.9. The van der Waals surface area contributed by atoms with Crippen LogP contribution in [0.3, 0.4) is 0 Å². The second-order valence-electron chi connectivity index (χ2n) is 7.83. The molecule has 0 bridgehead atoms. The smallest absolute Gasteiger partial charge is 0.337 e. The monoisotopic (exact) mass is 458 g/mol. The summed E-state index contributed by atoms with van der Waals surface area (Å²) in [5, 5.41) is 9.72. The lowest BCUT2D eigenvalue weighted by molar-refractivity contribution is 0.0601. The van der Waals surface area contributed by atoms with Gasteiger partial charge in [0, 0.05) is 37.7 Å². The number of aromatic nitrogens is 5. The van der Waals surface area contributed by atoms with E-state index in [0.29, 0.717) is 41.6 Å². The molecular weight excluding hydrogens is 436 g/mol. The van der Waals surface area contributed by atoms with E-state index in [0.717, 1.165) is 21.9 Å². The Labute approximate surface area is 193 Å². The minimum absolute atomic E-state index is 0.175. The first-order valence-corrected chi connectivity index (χ1v) is 10.7. The molecule has 0 atom stereocenters. The van der Waals surface area contributed by atoms with Crippen molar-refractivity contribution in [3.05, 3.63) is 70.5 Å². The van der Waals surface area contributed by atoms with E-state index in [9.17, 15) is 9.59 Å². The van der Waals surface area contributed by atoms with E-state index in [-0.39, 0.29) is 5.56 Å². The Bertz CT molecular complexity index is 1600. The average molecular weight is 458 g/mol. The fourth-order valence-corrected chi connectivity index (χ4v) is 4.04. The molecule has 0 saturated heterocycles. The van der Waals surface area contributed by atoms with E-state index in [2.05, 4.69) is 20.4 Å². The summed E-state index contributed by atoms with van der Waals surface area (Å²) in [7, 11) is 3.13. The van der Waals surface area contributed by atoms with Gasteiger partial charge in [0.05, 0.1) is 30.1 Å². The van der Waals surface area contributed by atoms with Gasteiger partial charge in [-0.2, -0.15) is 4.98 Å². The number of aryl methyl sites for hydroxylation is 2. The van der Waals surface area contributed by atoms with Gasteiger partial charge in [-0.15, -0.1) is 0 Å². The molecule has 10 heteroatoms. The van der Waals surface area contributed by atoms with Crippen LogP contribution in [0.15, 0.2) is 58.0 Å². The van der Waals surface area contributed by atoms with Crippen molar-refractivity contribution >= 4 is 33.5 Å². The Morgan fingerprint density at radius 2 is 2.00 bits per heavy atom. The number of rotatable bonds is 6. The van der Waals surface area contributed by atoms with Gasteiger partial charge >= 0.3 is 5.97 Å². The number of pyridine rings is 1. The number of methoxy groups -OCH3 is 1. The van der Waals surface area contributed by atoms with Crippen molar-refractivity contribution in [1.82, 2.24) is 24.5 Å². The molecule has 5 rings (SSSR count).